The highest BCUT2D eigenvalue weighted by Gasteiger charge is 1.98. The fraction of sp³-hybridized carbons (Fsp3) is 0.294. The van der Waals surface area contributed by atoms with Crippen LogP contribution in [-0.4, -0.2) is 13.7 Å². The summed E-state index contributed by atoms with van der Waals surface area (Å²) in [6.07, 6.45) is 0. The minimum absolute atomic E-state index is 0.650. The lowest BCUT2D eigenvalue weighted by Crippen LogP contribution is -2.00. The molecule has 106 valence electrons. The van der Waals surface area contributed by atoms with Crippen molar-refractivity contribution in [2.45, 2.75) is 20.1 Å². The van der Waals surface area contributed by atoms with Crippen LogP contribution in [0.2, 0.25) is 0 Å². The zero-order valence-electron chi connectivity index (χ0n) is 12.1. The zero-order valence-corrected chi connectivity index (χ0v) is 12.1. The maximum absolute atomic E-state index is 5.42. The minimum atomic E-state index is 0.650. The Balaban J connectivity index is 1.92. The van der Waals surface area contributed by atoms with Gasteiger partial charge in [0.15, 0.2) is 0 Å². The van der Waals surface area contributed by atoms with Crippen molar-refractivity contribution < 1.29 is 9.47 Å². The van der Waals surface area contributed by atoms with Crippen LogP contribution in [0.3, 0.4) is 0 Å². The highest BCUT2D eigenvalue weighted by Crippen LogP contribution is 2.16. The lowest BCUT2D eigenvalue weighted by molar-refractivity contribution is 0.185. The van der Waals surface area contributed by atoms with Gasteiger partial charge in [0, 0.05) is 19.3 Å². The van der Waals surface area contributed by atoms with Crippen LogP contribution >= 0.6 is 0 Å². The summed E-state index contributed by atoms with van der Waals surface area (Å²) in [5.74, 6) is 0.903. The Morgan fingerprint density at radius 1 is 1.00 bits per heavy atom. The molecule has 0 aliphatic rings. The highest BCUT2D eigenvalue weighted by atomic mass is 16.5. The molecule has 0 saturated heterocycles. The van der Waals surface area contributed by atoms with Gasteiger partial charge in [-0.15, -0.1) is 0 Å². The quantitative estimate of drug-likeness (QED) is 0.830. The van der Waals surface area contributed by atoms with Crippen LogP contribution in [0.5, 0.6) is 5.75 Å². The van der Waals surface area contributed by atoms with E-state index in [4.69, 9.17) is 9.47 Å². The molecule has 0 aliphatic carbocycles. The molecule has 3 nitrogen and oxygen atoms in total. The molecule has 0 bridgehead atoms. The molecule has 3 heteroatoms. The van der Waals surface area contributed by atoms with Crippen molar-refractivity contribution in [1.29, 1.82) is 0 Å². The van der Waals surface area contributed by atoms with Crippen LogP contribution in [0, 0.1) is 0 Å². The van der Waals surface area contributed by atoms with E-state index < -0.39 is 0 Å². The number of benzene rings is 2. The van der Waals surface area contributed by atoms with E-state index in [-0.39, 0.29) is 0 Å². The predicted octanol–water partition coefficient (Wildman–Crippen LogP) is 3.84. The fourth-order valence-corrected chi connectivity index (χ4v) is 2.04. The number of nitrogens with one attached hydrogen (secondary N) is 1. The molecule has 1 N–H and O–H groups in total. The van der Waals surface area contributed by atoms with E-state index in [1.165, 1.54) is 11.1 Å². The molecule has 0 aliphatic heterocycles. The van der Waals surface area contributed by atoms with E-state index >= 15 is 0 Å². The van der Waals surface area contributed by atoms with Crippen molar-refractivity contribution in [2.24, 2.45) is 0 Å². The average molecular weight is 271 g/mol. The van der Waals surface area contributed by atoms with Gasteiger partial charge in [0.2, 0.25) is 0 Å². The van der Waals surface area contributed by atoms with Crippen molar-refractivity contribution in [2.75, 3.05) is 19.0 Å². The summed E-state index contributed by atoms with van der Waals surface area (Å²) in [5.41, 5.74) is 3.53. The number of rotatable bonds is 7. The molecule has 0 unspecified atom stereocenters. The van der Waals surface area contributed by atoms with Gasteiger partial charge in [-0.2, -0.15) is 0 Å². The van der Waals surface area contributed by atoms with Crippen molar-refractivity contribution >= 4 is 5.69 Å². The van der Waals surface area contributed by atoms with Gasteiger partial charge in [-0.05, 0) is 42.3 Å². The second kappa shape index (κ2) is 7.56. The third kappa shape index (κ3) is 4.28. The molecule has 0 aromatic heterocycles. The summed E-state index contributed by atoms with van der Waals surface area (Å²) in [7, 11) is 1.71. The number of anilines is 1. The Morgan fingerprint density at radius 2 is 1.75 bits per heavy atom. The van der Waals surface area contributed by atoms with Crippen LogP contribution in [0.25, 0.3) is 0 Å². The summed E-state index contributed by atoms with van der Waals surface area (Å²) in [5, 5.41) is 3.40. The molecule has 0 spiro atoms. The topological polar surface area (TPSA) is 30.5 Å². The standard InChI is InChI=1S/C17H21NO2/c1-3-20-17-9-7-16(8-10-17)18-12-14-5-4-6-15(11-14)13-19-2/h4-11,18H,3,12-13H2,1-2H3. The summed E-state index contributed by atoms with van der Waals surface area (Å²) in [6.45, 7) is 4.13. The van der Waals surface area contributed by atoms with E-state index in [1.54, 1.807) is 7.11 Å². The Labute approximate surface area is 120 Å². The van der Waals surface area contributed by atoms with Gasteiger partial charge in [0.05, 0.1) is 13.2 Å². The van der Waals surface area contributed by atoms with Crippen LogP contribution in [-0.2, 0) is 17.9 Å². The fourth-order valence-electron chi connectivity index (χ4n) is 2.04. The van der Waals surface area contributed by atoms with Crippen LogP contribution in [0.4, 0.5) is 5.69 Å². The lowest BCUT2D eigenvalue weighted by Gasteiger charge is -2.09. The summed E-state index contributed by atoms with van der Waals surface area (Å²) in [6, 6.07) is 16.4. The van der Waals surface area contributed by atoms with E-state index in [0.717, 1.165) is 18.0 Å². The Bertz CT molecular complexity index is 523. The highest BCUT2D eigenvalue weighted by molar-refractivity contribution is 5.46. The molecule has 0 fully saturated rings. The normalized spacial score (nSPS) is 10.3. The van der Waals surface area contributed by atoms with Gasteiger partial charge in [0.25, 0.3) is 0 Å². The molecule has 0 radical (unpaired) electrons. The first kappa shape index (κ1) is 14.4. The maximum Gasteiger partial charge on any atom is 0.119 e. The van der Waals surface area contributed by atoms with Crippen molar-refractivity contribution in [3.05, 3.63) is 59.7 Å². The van der Waals surface area contributed by atoms with Crippen molar-refractivity contribution in [1.82, 2.24) is 0 Å². The van der Waals surface area contributed by atoms with Gasteiger partial charge in [0.1, 0.15) is 5.75 Å². The molecular weight excluding hydrogens is 250 g/mol. The first-order chi connectivity index (χ1) is 9.81. The molecule has 20 heavy (non-hydrogen) atoms. The number of hydrogen-bond acceptors (Lipinski definition) is 3. The summed E-state index contributed by atoms with van der Waals surface area (Å²) < 4.78 is 10.6. The minimum Gasteiger partial charge on any atom is -0.494 e. The largest absolute Gasteiger partial charge is 0.494 e. The maximum atomic E-state index is 5.42. The Kier molecular flexibility index (Phi) is 5.44. The molecule has 2 rings (SSSR count). The first-order valence-electron chi connectivity index (χ1n) is 6.85. The van der Waals surface area contributed by atoms with Gasteiger partial charge in [-0.1, -0.05) is 24.3 Å². The smallest absolute Gasteiger partial charge is 0.119 e. The van der Waals surface area contributed by atoms with E-state index in [0.29, 0.717) is 13.2 Å². The van der Waals surface area contributed by atoms with E-state index in [2.05, 4.69) is 29.6 Å². The second-order valence-corrected chi connectivity index (χ2v) is 4.56. The van der Waals surface area contributed by atoms with Gasteiger partial charge < -0.3 is 14.8 Å². The third-order valence-corrected chi connectivity index (χ3v) is 2.96. The predicted molar refractivity (Wildman–Crippen MR) is 82.1 cm³/mol. The van der Waals surface area contributed by atoms with E-state index in [1.807, 2.05) is 31.2 Å². The summed E-state index contributed by atoms with van der Waals surface area (Å²) in [4.78, 5) is 0. The molecule has 0 heterocycles. The molecule has 2 aromatic rings. The van der Waals surface area contributed by atoms with Crippen molar-refractivity contribution in [3.8, 4) is 5.75 Å². The number of hydrogen-bond donors (Lipinski definition) is 1. The molecular formula is C17H21NO2. The SMILES string of the molecule is CCOc1ccc(NCc2cccc(COC)c2)cc1. The zero-order chi connectivity index (χ0) is 14.2. The Hall–Kier alpha value is -2.00. The van der Waals surface area contributed by atoms with Crippen LogP contribution < -0.4 is 10.1 Å². The van der Waals surface area contributed by atoms with Crippen LogP contribution in [0.1, 0.15) is 18.1 Å². The van der Waals surface area contributed by atoms with Gasteiger partial charge in [-0.25, -0.2) is 0 Å². The Morgan fingerprint density at radius 3 is 2.45 bits per heavy atom. The monoisotopic (exact) mass is 271 g/mol. The van der Waals surface area contributed by atoms with Crippen molar-refractivity contribution in [3.63, 3.8) is 0 Å². The third-order valence-electron chi connectivity index (χ3n) is 2.96. The number of ether oxygens (including phenoxy) is 2. The number of methoxy groups -OCH3 is 1. The van der Waals surface area contributed by atoms with Crippen LogP contribution in [0.15, 0.2) is 48.5 Å². The lowest BCUT2D eigenvalue weighted by atomic mass is 10.1. The molecule has 0 saturated carbocycles. The molecule has 0 atom stereocenters. The van der Waals surface area contributed by atoms with Gasteiger partial charge in [-0.3, -0.25) is 0 Å². The molecule has 0 amide bonds. The second-order valence-electron chi connectivity index (χ2n) is 4.56. The average Bonchev–Trinajstić information content (AvgIpc) is 2.48. The summed E-state index contributed by atoms with van der Waals surface area (Å²) >= 11 is 0. The van der Waals surface area contributed by atoms with E-state index in [9.17, 15) is 0 Å². The molecule has 2 aromatic carbocycles. The van der Waals surface area contributed by atoms with Gasteiger partial charge >= 0.3 is 0 Å². The first-order valence-corrected chi connectivity index (χ1v) is 6.85.